The van der Waals surface area contributed by atoms with Gasteiger partial charge in [-0.3, -0.25) is 0 Å². The Labute approximate surface area is 89.6 Å². The van der Waals surface area contributed by atoms with E-state index in [4.69, 9.17) is 0 Å². The Hall–Kier alpha value is 0.557. The third-order valence-corrected chi connectivity index (χ3v) is 2.99. The quantitative estimate of drug-likeness (QED) is 0.521. The molecule has 0 aromatic rings. The molecule has 0 radical (unpaired) electrons. The minimum Gasteiger partial charge on any atom is -1.00 e. The minimum absolute atomic E-state index is 0. The fourth-order valence-electron chi connectivity index (χ4n) is 2.15. The molecule has 0 spiro atoms. The van der Waals surface area contributed by atoms with Crippen molar-refractivity contribution in [3.05, 3.63) is 0 Å². The molecule has 0 aliphatic heterocycles. The first-order valence-electron chi connectivity index (χ1n) is 4.79. The predicted molar refractivity (Wildman–Crippen MR) is 48.5 cm³/mol. The Morgan fingerprint density at radius 3 is 2.33 bits per heavy atom. The van der Waals surface area contributed by atoms with Gasteiger partial charge in [0.05, 0.1) is 6.10 Å². The van der Waals surface area contributed by atoms with E-state index in [1.165, 1.54) is 12.8 Å². The van der Waals surface area contributed by atoms with Gasteiger partial charge < -0.3 is 6.53 Å². The van der Waals surface area contributed by atoms with Crippen LogP contribution in [0.4, 0.5) is 0 Å². The molecule has 3 atom stereocenters. The van der Waals surface area contributed by atoms with Crippen LogP contribution in [0.3, 0.4) is 0 Å². The molecule has 2 heteroatoms. The average molecular weight is 164 g/mol. The van der Waals surface area contributed by atoms with Crippen LogP contribution in [0.25, 0.3) is 0 Å². The maximum atomic E-state index is 9.71. The number of hydrogen-bond donors (Lipinski definition) is 1. The molecule has 0 saturated heterocycles. The van der Waals surface area contributed by atoms with Gasteiger partial charge in [-0.05, 0) is 30.6 Å². The zero-order valence-corrected chi connectivity index (χ0v) is 8.88. The van der Waals surface area contributed by atoms with E-state index >= 15 is 0 Å². The van der Waals surface area contributed by atoms with Crippen molar-refractivity contribution in [2.75, 3.05) is 0 Å². The third-order valence-electron chi connectivity index (χ3n) is 2.99. The smallest absolute Gasteiger partial charge is 1.00 e. The maximum absolute atomic E-state index is 9.71. The molecule has 1 nitrogen and oxygen atoms in total. The second-order valence-corrected chi connectivity index (χ2v) is 4.39. The molecule has 3 unspecified atom stereocenters. The molecular weight excluding hydrogens is 143 g/mol. The summed E-state index contributed by atoms with van der Waals surface area (Å²) in [5, 5.41) is 9.71. The molecule has 0 bridgehead atoms. The van der Waals surface area contributed by atoms with E-state index in [1.54, 1.807) is 0 Å². The van der Waals surface area contributed by atoms with Crippen molar-refractivity contribution in [2.45, 2.75) is 46.1 Å². The summed E-state index contributed by atoms with van der Waals surface area (Å²) < 4.78 is 0. The fourth-order valence-corrected chi connectivity index (χ4v) is 2.15. The third kappa shape index (κ3) is 3.13. The van der Waals surface area contributed by atoms with Crippen molar-refractivity contribution in [3.8, 4) is 0 Å². The summed E-state index contributed by atoms with van der Waals surface area (Å²) in [6, 6.07) is 0. The van der Waals surface area contributed by atoms with E-state index in [9.17, 15) is 5.11 Å². The van der Waals surface area contributed by atoms with Crippen molar-refractivity contribution < 1.29 is 25.4 Å². The molecular formula is C10H21LiO. The van der Waals surface area contributed by atoms with Gasteiger partial charge in [0.1, 0.15) is 0 Å². The SMILES string of the molecule is CC1CCC(C(C)C)C(O)C1.[H-].[Li+]. The molecule has 1 N–H and O–H groups in total. The standard InChI is InChI=1S/C10H20O.Li.H/c1-7(2)9-5-4-8(3)6-10(9)11;;/h7-11H,4-6H2,1-3H3;;/q;+1;-1. The van der Waals surface area contributed by atoms with Crippen molar-refractivity contribution >= 4 is 0 Å². The minimum atomic E-state index is -0.0289. The van der Waals surface area contributed by atoms with Gasteiger partial charge in [0.15, 0.2) is 0 Å². The molecule has 12 heavy (non-hydrogen) atoms. The molecule has 0 amide bonds. The Balaban J connectivity index is 0. The number of aliphatic hydroxyl groups excluding tert-OH is 1. The summed E-state index contributed by atoms with van der Waals surface area (Å²) in [6.07, 6.45) is 3.52. The van der Waals surface area contributed by atoms with E-state index in [2.05, 4.69) is 20.8 Å². The Morgan fingerprint density at radius 2 is 1.92 bits per heavy atom. The van der Waals surface area contributed by atoms with Gasteiger partial charge in [0.25, 0.3) is 0 Å². The monoisotopic (exact) mass is 164 g/mol. The van der Waals surface area contributed by atoms with E-state index < -0.39 is 0 Å². The van der Waals surface area contributed by atoms with Gasteiger partial charge in [-0.25, -0.2) is 0 Å². The van der Waals surface area contributed by atoms with Crippen LogP contribution < -0.4 is 18.9 Å². The Bertz CT molecular complexity index is 130. The summed E-state index contributed by atoms with van der Waals surface area (Å²) in [4.78, 5) is 0. The largest absolute Gasteiger partial charge is 1.00 e. The van der Waals surface area contributed by atoms with E-state index in [1.807, 2.05) is 0 Å². The van der Waals surface area contributed by atoms with Crippen LogP contribution in [-0.2, 0) is 0 Å². The van der Waals surface area contributed by atoms with Crippen LogP contribution in [0.5, 0.6) is 0 Å². The Kier molecular flexibility index (Phi) is 5.57. The van der Waals surface area contributed by atoms with Gasteiger partial charge in [0, 0.05) is 0 Å². The summed E-state index contributed by atoms with van der Waals surface area (Å²) in [5.74, 6) is 1.95. The first-order chi connectivity index (χ1) is 5.11. The zero-order chi connectivity index (χ0) is 8.43. The normalized spacial score (nSPS) is 36.2. The molecule has 68 valence electrons. The van der Waals surface area contributed by atoms with Crippen LogP contribution in [-0.4, -0.2) is 11.2 Å². The van der Waals surface area contributed by atoms with Crippen molar-refractivity contribution in [2.24, 2.45) is 17.8 Å². The first kappa shape index (κ1) is 12.6. The molecule has 1 rings (SSSR count). The van der Waals surface area contributed by atoms with Gasteiger partial charge in [0.2, 0.25) is 0 Å². The topological polar surface area (TPSA) is 20.2 Å². The van der Waals surface area contributed by atoms with Crippen molar-refractivity contribution in [1.82, 2.24) is 0 Å². The molecule has 1 saturated carbocycles. The molecule has 1 fully saturated rings. The summed E-state index contributed by atoms with van der Waals surface area (Å²) in [7, 11) is 0. The van der Waals surface area contributed by atoms with Crippen LogP contribution in [0.2, 0.25) is 0 Å². The van der Waals surface area contributed by atoms with E-state index in [-0.39, 0.29) is 26.4 Å². The molecule has 0 aromatic carbocycles. The van der Waals surface area contributed by atoms with Gasteiger partial charge >= 0.3 is 18.9 Å². The first-order valence-corrected chi connectivity index (χ1v) is 4.79. The summed E-state index contributed by atoms with van der Waals surface area (Å²) in [5.41, 5.74) is 0. The van der Waals surface area contributed by atoms with Gasteiger partial charge in [-0.1, -0.05) is 27.2 Å². The zero-order valence-electron chi connectivity index (χ0n) is 9.88. The second kappa shape index (κ2) is 5.32. The number of aliphatic hydroxyl groups is 1. The predicted octanol–water partition coefficient (Wildman–Crippen LogP) is -0.444. The average Bonchev–Trinajstić information content (AvgIpc) is 1.85. The molecule has 0 heterocycles. The molecule has 0 aromatic heterocycles. The number of rotatable bonds is 1. The van der Waals surface area contributed by atoms with E-state index in [0.29, 0.717) is 11.8 Å². The number of hydrogen-bond acceptors (Lipinski definition) is 1. The molecule has 1 aliphatic carbocycles. The second-order valence-electron chi connectivity index (χ2n) is 4.39. The van der Waals surface area contributed by atoms with Crippen LogP contribution in [0.15, 0.2) is 0 Å². The fraction of sp³-hybridized carbons (Fsp3) is 1.00. The van der Waals surface area contributed by atoms with Gasteiger partial charge in [-0.2, -0.15) is 0 Å². The molecule has 1 aliphatic rings. The maximum Gasteiger partial charge on any atom is 1.00 e. The van der Waals surface area contributed by atoms with Crippen LogP contribution in [0.1, 0.15) is 41.5 Å². The van der Waals surface area contributed by atoms with Gasteiger partial charge in [-0.15, -0.1) is 0 Å². The van der Waals surface area contributed by atoms with E-state index in [0.717, 1.165) is 12.3 Å². The summed E-state index contributed by atoms with van der Waals surface area (Å²) >= 11 is 0. The van der Waals surface area contributed by atoms with Crippen molar-refractivity contribution in [1.29, 1.82) is 0 Å². The van der Waals surface area contributed by atoms with Crippen LogP contribution in [0, 0.1) is 17.8 Å². The van der Waals surface area contributed by atoms with Crippen LogP contribution >= 0.6 is 0 Å². The van der Waals surface area contributed by atoms with Crippen molar-refractivity contribution in [3.63, 3.8) is 0 Å². The Morgan fingerprint density at radius 1 is 1.33 bits per heavy atom. The summed E-state index contributed by atoms with van der Waals surface area (Å²) in [6.45, 7) is 6.66.